The van der Waals surface area contributed by atoms with Crippen molar-refractivity contribution in [3.63, 3.8) is 0 Å². The first-order valence-electron chi connectivity index (χ1n) is 8.32. The first-order chi connectivity index (χ1) is 11.7. The van der Waals surface area contributed by atoms with E-state index in [9.17, 15) is 9.90 Å². The van der Waals surface area contributed by atoms with Crippen molar-refractivity contribution in [1.82, 2.24) is 14.9 Å². The summed E-state index contributed by atoms with van der Waals surface area (Å²) in [7, 11) is 0. The van der Waals surface area contributed by atoms with Gasteiger partial charge in [0.15, 0.2) is 6.10 Å². The van der Waals surface area contributed by atoms with Crippen molar-refractivity contribution in [1.29, 1.82) is 0 Å². The Labute approximate surface area is 141 Å². The Hall–Kier alpha value is -2.34. The van der Waals surface area contributed by atoms with Crippen LogP contribution in [-0.4, -0.2) is 45.1 Å². The quantitative estimate of drug-likeness (QED) is 0.880. The number of carbonyl (C=O) groups is 1. The van der Waals surface area contributed by atoms with Gasteiger partial charge < -0.3 is 19.7 Å². The summed E-state index contributed by atoms with van der Waals surface area (Å²) in [5, 5.41) is 9.19. The zero-order valence-corrected chi connectivity index (χ0v) is 13.8. The molecule has 0 bridgehead atoms. The molecule has 1 aromatic heterocycles. The molecule has 0 saturated carbocycles. The molecule has 1 aliphatic heterocycles. The molecule has 1 fully saturated rings. The summed E-state index contributed by atoms with van der Waals surface area (Å²) < 4.78 is 5.77. The summed E-state index contributed by atoms with van der Waals surface area (Å²) in [5.41, 5.74) is 0.767. The number of hydrogen-bond acceptors (Lipinski definition) is 4. The molecular formula is C18H23N3O3. The standard InChI is InChI=1S/C18H23N3O3/c1-13(24-16-6-2-4-14(10-16)12-22)18(23)21-9-3-5-15(11-21)17-19-7-8-20-17/h2,4,6-8,10,13,15,22H,3,5,9,11-12H2,1H3,(H,19,20). The molecule has 2 atom stereocenters. The summed E-state index contributed by atoms with van der Waals surface area (Å²) >= 11 is 0. The summed E-state index contributed by atoms with van der Waals surface area (Å²) in [6.07, 6.45) is 5.00. The van der Waals surface area contributed by atoms with Gasteiger partial charge in [0.25, 0.3) is 5.91 Å². The van der Waals surface area contributed by atoms with Crippen molar-refractivity contribution in [2.45, 2.75) is 38.4 Å². The molecule has 1 amide bonds. The summed E-state index contributed by atoms with van der Waals surface area (Å²) in [6, 6.07) is 7.18. The van der Waals surface area contributed by atoms with E-state index < -0.39 is 6.10 Å². The second-order valence-corrected chi connectivity index (χ2v) is 6.16. The van der Waals surface area contributed by atoms with Crippen molar-refractivity contribution in [3.05, 3.63) is 48.0 Å². The van der Waals surface area contributed by atoms with Gasteiger partial charge in [0.05, 0.1) is 6.61 Å². The molecule has 2 heterocycles. The lowest BCUT2D eigenvalue weighted by Gasteiger charge is -2.33. The molecule has 1 aromatic carbocycles. The van der Waals surface area contributed by atoms with Crippen molar-refractivity contribution in [2.75, 3.05) is 13.1 Å². The summed E-state index contributed by atoms with van der Waals surface area (Å²) in [4.78, 5) is 22.0. The highest BCUT2D eigenvalue weighted by Gasteiger charge is 2.29. The van der Waals surface area contributed by atoms with Crippen LogP contribution in [0.15, 0.2) is 36.7 Å². The first kappa shape index (κ1) is 16.5. The maximum atomic E-state index is 12.7. The fraction of sp³-hybridized carbons (Fsp3) is 0.444. The zero-order valence-electron chi connectivity index (χ0n) is 13.8. The van der Waals surface area contributed by atoms with E-state index in [1.54, 1.807) is 25.3 Å². The monoisotopic (exact) mass is 329 g/mol. The maximum Gasteiger partial charge on any atom is 0.263 e. The van der Waals surface area contributed by atoms with Crippen LogP contribution in [0.25, 0.3) is 0 Å². The second-order valence-electron chi connectivity index (χ2n) is 6.16. The highest BCUT2D eigenvalue weighted by molar-refractivity contribution is 5.81. The Morgan fingerprint density at radius 3 is 3.17 bits per heavy atom. The molecule has 2 N–H and O–H groups in total. The summed E-state index contributed by atoms with van der Waals surface area (Å²) in [6.45, 7) is 3.14. The van der Waals surface area contributed by atoms with Gasteiger partial charge in [0.2, 0.25) is 0 Å². The van der Waals surface area contributed by atoms with Crippen LogP contribution < -0.4 is 4.74 Å². The van der Waals surface area contributed by atoms with E-state index in [-0.39, 0.29) is 18.4 Å². The minimum Gasteiger partial charge on any atom is -0.481 e. The van der Waals surface area contributed by atoms with E-state index >= 15 is 0 Å². The SMILES string of the molecule is CC(Oc1cccc(CO)c1)C(=O)N1CCCC(c2ncc[nH]2)C1. The minimum absolute atomic E-state index is 0.0133. The van der Waals surface area contributed by atoms with Crippen LogP contribution in [0.4, 0.5) is 0 Å². The van der Waals surface area contributed by atoms with Crippen LogP contribution in [0.3, 0.4) is 0 Å². The Morgan fingerprint density at radius 1 is 1.54 bits per heavy atom. The van der Waals surface area contributed by atoms with Crippen LogP contribution in [0.2, 0.25) is 0 Å². The number of rotatable bonds is 5. The summed E-state index contributed by atoms with van der Waals surface area (Å²) in [5.74, 6) is 1.78. The molecule has 0 radical (unpaired) electrons. The number of piperidine rings is 1. The van der Waals surface area contributed by atoms with Crippen LogP contribution >= 0.6 is 0 Å². The molecule has 3 rings (SSSR count). The number of benzene rings is 1. The number of nitrogens with zero attached hydrogens (tertiary/aromatic N) is 2. The highest BCUT2D eigenvalue weighted by Crippen LogP contribution is 2.25. The topological polar surface area (TPSA) is 78.5 Å². The number of ether oxygens (including phenoxy) is 1. The number of H-pyrrole nitrogens is 1. The molecule has 2 unspecified atom stereocenters. The minimum atomic E-state index is -0.561. The highest BCUT2D eigenvalue weighted by atomic mass is 16.5. The number of aromatic amines is 1. The number of likely N-dealkylation sites (tertiary alicyclic amines) is 1. The number of aliphatic hydroxyl groups is 1. The van der Waals surface area contributed by atoms with Crippen LogP contribution in [0.1, 0.15) is 37.1 Å². The smallest absolute Gasteiger partial charge is 0.263 e. The van der Waals surface area contributed by atoms with E-state index in [2.05, 4.69) is 9.97 Å². The maximum absolute atomic E-state index is 12.7. The zero-order chi connectivity index (χ0) is 16.9. The third kappa shape index (κ3) is 3.76. The van der Waals surface area contributed by atoms with Gasteiger partial charge >= 0.3 is 0 Å². The lowest BCUT2D eigenvalue weighted by atomic mass is 9.97. The van der Waals surface area contributed by atoms with E-state index in [1.807, 2.05) is 23.2 Å². The van der Waals surface area contributed by atoms with Crippen molar-refractivity contribution in [3.8, 4) is 5.75 Å². The number of nitrogens with one attached hydrogen (secondary N) is 1. The number of hydrogen-bond donors (Lipinski definition) is 2. The average molecular weight is 329 g/mol. The molecular weight excluding hydrogens is 306 g/mol. The fourth-order valence-electron chi connectivity index (χ4n) is 3.13. The lowest BCUT2D eigenvalue weighted by Crippen LogP contribution is -2.45. The lowest BCUT2D eigenvalue weighted by molar-refractivity contribution is -0.139. The average Bonchev–Trinajstić information content (AvgIpc) is 3.16. The molecule has 1 aliphatic rings. The molecule has 6 heteroatoms. The molecule has 2 aromatic rings. The third-order valence-electron chi connectivity index (χ3n) is 4.38. The number of aliphatic hydroxyl groups excluding tert-OH is 1. The van der Waals surface area contributed by atoms with Gasteiger partial charge in [0.1, 0.15) is 11.6 Å². The molecule has 0 spiro atoms. The largest absolute Gasteiger partial charge is 0.481 e. The Balaban J connectivity index is 1.62. The molecule has 128 valence electrons. The Kier molecular flexibility index (Phi) is 5.15. The number of amides is 1. The van der Waals surface area contributed by atoms with Gasteiger partial charge in [-0.05, 0) is 37.5 Å². The third-order valence-corrected chi connectivity index (χ3v) is 4.38. The number of imidazole rings is 1. The normalized spacial score (nSPS) is 19.1. The van der Waals surface area contributed by atoms with Crippen LogP contribution in [0.5, 0.6) is 5.75 Å². The Morgan fingerprint density at radius 2 is 2.42 bits per heavy atom. The van der Waals surface area contributed by atoms with E-state index in [0.717, 1.165) is 30.8 Å². The second kappa shape index (κ2) is 7.49. The number of carbonyl (C=O) groups excluding carboxylic acids is 1. The van der Waals surface area contributed by atoms with Crippen LogP contribution in [0, 0.1) is 0 Å². The van der Waals surface area contributed by atoms with Gasteiger partial charge in [-0.25, -0.2) is 4.98 Å². The first-order valence-corrected chi connectivity index (χ1v) is 8.32. The van der Waals surface area contributed by atoms with Crippen LogP contribution in [-0.2, 0) is 11.4 Å². The predicted molar refractivity (Wildman–Crippen MR) is 89.6 cm³/mol. The van der Waals surface area contributed by atoms with Crippen molar-refractivity contribution in [2.24, 2.45) is 0 Å². The van der Waals surface area contributed by atoms with E-state index in [0.29, 0.717) is 12.3 Å². The Bertz CT molecular complexity index is 672. The fourth-order valence-corrected chi connectivity index (χ4v) is 3.13. The van der Waals surface area contributed by atoms with Crippen molar-refractivity contribution < 1.29 is 14.6 Å². The molecule has 0 aliphatic carbocycles. The van der Waals surface area contributed by atoms with Gasteiger partial charge in [-0.1, -0.05) is 12.1 Å². The van der Waals surface area contributed by atoms with Gasteiger partial charge in [-0.2, -0.15) is 0 Å². The molecule has 24 heavy (non-hydrogen) atoms. The molecule has 1 saturated heterocycles. The van der Waals surface area contributed by atoms with Crippen molar-refractivity contribution >= 4 is 5.91 Å². The van der Waals surface area contributed by atoms with Gasteiger partial charge in [0, 0.05) is 31.4 Å². The molecule has 6 nitrogen and oxygen atoms in total. The van der Waals surface area contributed by atoms with E-state index in [4.69, 9.17) is 4.74 Å². The number of aromatic nitrogens is 2. The van der Waals surface area contributed by atoms with Gasteiger partial charge in [-0.3, -0.25) is 4.79 Å². The van der Waals surface area contributed by atoms with Gasteiger partial charge in [-0.15, -0.1) is 0 Å². The predicted octanol–water partition coefficient (Wildman–Crippen LogP) is 2.08. The van der Waals surface area contributed by atoms with E-state index in [1.165, 1.54) is 0 Å².